The summed E-state index contributed by atoms with van der Waals surface area (Å²) in [6.07, 6.45) is -1.62. The molecule has 3 heterocycles. The minimum Gasteiger partial charge on any atom is -0.426 e. The van der Waals surface area contributed by atoms with Crippen LogP contribution in [0.25, 0.3) is 0 Å². The smallest absolute Gasteiger partial charge is 0.306 e. The molecular formula is C15H24N2O6SSi. The molecule has 2 amide bonds. The Morgan fingerprint density at radius 1 is 1.44 bits per heavy atom. The molecule has 3 aliphatic heterocycles. The number of carbonyl (C=O) groups is 2. The molecule has 0 bridgehead atoms. The highest BCUT2D eigenvalue weighted by Crippen LogP contribution is 2.50. The molecule has 0 saturated carbocycles. The zero-order valence-corrected chi connectivity index (χ0v) is 16.8. The monoisotopic (exact) mass is 388 g/mol. The Morgan fingerprint density at radius 3 is 2.68 bits per heavy atom. The van der Waals surface area contributed by atoms with E-state index in [0.29, 0.717) is 0 Å². The third kappa shape index (κ3) is 2.93. The van der Waals surface area contributed by atoms with Gasteiger partial charge in [0.1, 0.15) is 12.5 Å². The summed E-state index contributed by atoms with van der Waals surface area (Å²) in [5.74, 6) is -3.08. The number of hydrogen-bond donors (Lipinski definition) is 2. The van der Waals surface area contributed by atoms with Crippen LogP contribution in [0.5, 0.6) is 0 Å². The molecule has 2 N–H and O–H groups in total. The fraction of sp³-hybridized carbons (Fsp3) is 0.800. The Hall–Kier alpha value is -0.943. The Balaban J connectivity index is 1.76. The molecule has 3 rings (SSSR count). The van der Waals surface area contributed by atoms with E-state index in [1.165, 1.54) is 16.7 Å². The number of amidine groups is 1. The Labute approximate surface area is 151 Å². The van der Waals surface area contributed by atoms with Gasteiger partial charge in [0.25, 0.3) is 11.7 Å². The van der Waals surface area contributed by atoms with Crippen molar-refractivity contribution in [1.82, 2.24) is 4.90 Å². The molecule has 0 aromatic rings. The zero-order valence-electron chi connectivity index (χ0n) is 15.0. The van der Waals surface area contributed by atoms with Crippen LogP contribution in [0, 0.1) is 0 Å². The molecule has 8 nitrogen and oxygen atoms in total. The highest BCUT2D eigenvalue weighted by atomic mass is 32.2. The second-order valence-corrected chi connectivity index (χ2v) is 14.3. The molecule has 0 spiro atoms. The number of carbonyl (C=O) groups excluding carboxylic acids is 2. The summed E-state index contributed by atoms with van der Waals surface area (Å²) in [4.78, 5) is 28.4. The molecular weight excluding hydrogens is 364 g/mol. The third-order valence-electron chi connectivity index (χ3n) is 5.33. The predicted molar refractivity (Wildman–Crippen MR) is 94.3 cm³/mol. The summed E-state index contributed by atoms with van der Waals surface area (Å²) in [6.45, 7) is 10.8. The number of fused-ring (bicyclic) bond motifs is 3. The number of thioether (sulfide) groups is 1. The lowest BCUT2D eigenvalue weighted by molar-refractivity contribution is -0.195. The van der Waals surface area contributed by atoms with Crippen molar-refractivity contribution in [2.45, 2.75) is 67.8 Å². The number of ether oxygens (including phenoxy) is 1. The van der Waals surface area contributed by atoms with Crippen LogP contribution in [0.4, 0.5) is 0 Å². The Morgan fingerprint density at radius 2 is 2.08 bits per heavy atom. The van der Waals surface area contributed by atoms with Crippen molar-refractivity contribution < 1.29 is 29.0 Å². The molecule has 10 heteroatoms. The number of hydrogen-bond acceptors (Lipinski definition) is 7. The van der Waals surface area contributed by atoms with Gasteiger partial charge >= 0.3 is 6.02 Å². The van der Waals surface area contributed by atoms with E-state index < -0.39 is 42.6 Å². The van der Waals surface area contributed by atoms with Crippen LogP contribution < -0.4 is 0 Å². The topological polar surface area (TPSA) is 109 Å². The van der Waals surface area contributed by atoms with Crippen LogP contribution in [0.15, 0.2) is 4.99 Å². The van der Waals surface area contributed by atoms with Gasteiger partial charge in [0.2, 0.25) is 5.91 Å². The Bertz CT molecular complexity index is 648. The number of nitrogens with zero attached hydrogens (tertiary/aromatic N) is 2. The second-order valence-electron chi connectivity index (χ2n) is 8.13. The van der Waals surface area contributed by atoms with Gasteiger partial charge in [0.15, 0.2) is 13.7 Å². The zero-order chi connectivity index (χ0) is 18.8. The van der Waals surface area contributed by atoms with Gasteiger partial charge in [-0.1, -0.05) is 20.8 Å². The molecule has 0 radical (unpaired) electrons. The lowest BCUT2D eigenvalue weighted by atomic mass is 10.1. The number of amides is 2. The average Bonchev–Trinajstić information content (AvgIpc) is 2.86. The van der Waals surface area contributed by atoms with Gasteiger partial charge in [-0.05, 0) is 18.1 Å². The number of aliphatic hydroxyl groups excluding tert-OH is 1. The summed E-state index contributed by atoms with van der Waals surface area (Å²) < 4.78 is 11.5. The highest BCUT2D eigenvalue weighted by molar-refractivity contribution is 8.01. The highest BCUT2D eigenvalue weighted by Gasteiger charge is 2.67. The summed E-state index contributed by atoms with van der Waals surface area (Å²) in [5, 5.41) is 20.1. The first-order valence-electron chi connectivity index (χ1n) is 8.19. The standard InChI is InChI=1S/C15H24N2O6SSi/c1-14(2,3)25(4,5)22-7-8-11(20)15(21)12(24-8)17-10(19)6-9(18)16-13(17)23-15/h8,11-12,20-21H,6-7H2,1-5H3/t8-,11?,12-,15-/m1/s1. The maximum atomic E-state index is 12.1. The van der Waals surface area contributed by atoms with E-state index >= 15 is 0 Å². The molecule has 25 heavy (non-hydrogen) atoms. The fourth-order valence-electron chi connectivity index (χ4n) is 2.71. The van der Waals surface area contributed by atoms with Crippen LogP contribution in [-0.4, -0.2) is 70.4 Å². The van der Waals surface area contributed by atoms with Gasteiger partial charge in [0, 0.05) is 6.61 Å². The van der Waals surface area contributed by atoms with Crippen molar-refractivity contribution in [3.63, 3.8) is 0 Å². The fourth-order valence-corrected chi connectivity index (χ4v) is 5.40. The van der Waals surface area contributed by atoms with Crippen LogP contribution in [0.2, 0.25) is 18.1 Å². The normalized spacial score (nSPS) is 35.4. The molecule has 1 unspecified atom stereocenters. The van der Waals surface area contributed by atoms with Gasteiger partial charge in [-0.25, -0.2) is 4.90 Å². The lowest BCUT2D eigenvalue weighted by Crippen LogP contribution is -2.50. The quantitative estimate of drug-likeness (QED) is 0.539. The summed E-state index contributed by atoms with van der Waals surface area (Å²) in [5.41, 5.74) is 0. The molecule has 2 saturated heterocycles. The second kappa shape index (κ2) is 5.78. The van der Waals surface area contributed by atoms with E-state index in [4.69, 9.17) is 9.16 Å². The lowest BCUT2D eigenvalue weighted by Gasteiger charge is -2.37. The van der Waals surface area contributed by atoms with Crippen LogP contribution in [0.1, 0.15) is 27.2 Å². The molecule has 140 valence electrons. The molecule has 4 atom stereocenters. The van der Waals surface area contributed by atoms with E-state index in [0.717, 1.165) is 0 Å². The van der Waals surface area contributed by atoms with Crippen LogP contribution in [-0.2, 0) is 18.8 Å². The van der Waals surface area contributed by atoms with Crippen molar-refractivity contribution in [2.24, 2.45) is 4.99 Å². The molecule has 0 aromatic heterocycles. The van der Waals surface area contributed by atoms with Crippen LogP contribution in [0.3, 0.4) is 0 Å². The van der Waals surface area contributed by atoms with Gasteiger partial charge in [-0.2, -0.15) is 4.99 Å². The summed E-state index contributed by atoms with van der Waals surface area (Å²) >= 11 is 1.22. The number of rotatable bonds is 3. The van der Waals surface area contributed by atoms with Gasteiger partial charge in [-0.3, -0.25) is 9.59 Å². The van der Waals surface area contributed by atoms with Crippen LogP contribution >= 0.6 is 11.8 Å². The largest absolute Gasteiger partial charge is 0.426 e. The van der Waals surface area contributed by atoms with Crippen molar-refractivity contribution in [3.05, 3.63) is 0 Å². The van der Waals surface area contributed by atoms with E-state index in [1.807, 2.05) is 0 Å². The SMILES string of the molecule is CC(C)(C)[Si](C)(C)OC[C@H]1S[C@H]2N3C(=O)CC(=O)N=C3O[C@]2(O)C1O. The van der Waals surface area contributed by atoms with Crippen molar-refractivity contribution in [1.29, 1.82) is 0 Å². The Kier molecular flexibility index (Phi) is 4.35. The predicted octanol–water partition coefficient (Wildman–Crippen LogP) is 0.644. The average molecular weight is 389 g/mol. The minimum atomic E-state index is -2.02. The first-order valence-corrected chi connectivity index (χ1v) is 12.0. The molecule has 0 aromatic carbocycles. The van der Waals surface area contributed by atoms with E-state index in [1.54, 1.807) is 0 Å². The number of aliphatic hydroxyl groups is 2. The summed E-state index contributed by atoms with van der Waals surface area (Å²) in [7, 11) is -2.02. The van der Waals surface area contributed by atoms with Gasteiger partial charge in [-0.15, -0.1) is 11.8 Å². The van der Waals surface area contributed by atoms with E-state index in [2.05, 4.69) is 38.9 Å². The van der Waals surface area contributed by atoms with Gasteiger partial charge < -0.3 is 19.4 Å². The van der Waals surface area contributed by atoms with E-state index in [-0.39, 0.29) is 24.1 Å². The van der Waals surface area contributed by atoms with E-state index in [9.17, 15) is 19.8 Å². The maximum absolute atomic E-state index is 12.1. The maximum Gasteiger partial charge on any atom is 0.306 e. The molecule has 2 fully saturated rings. The van der Waals surface area contributed by atoms with Crippen molar-refractivity contribution in [3.8, 4) is 0 Å². The molecule has 3 aliphatic rings. The number of aliphatic imine (C=N–C) groups is 1. The van der Waals surface area contributed by atoms with Crippen molar-refractivity contribution >= 4 is 37.9 Å². The summed E-state index contributed by atoms with van der Waals surface area (Å²) in [6, 6.07) is -0.232. The molecule has 0 aliphatic carbocycles. The minimum absolute atomic E-state index is 0.0214. The van der Waals surface area contributed by atoms with Crippen molar-refractivity contribution in [2.75, 3.05) is 6.61 Å². The third-order valence-corrected chi connectivity index (χ3v) is 11.4. The first kappa shape index (κ1) is 18.8. The van der Waals surface area contributed by atoms with Gasteiger partial charge in [0.05, 0.1) is 5.25 Å². The first-order chi connectivity index (χ1) is 11.4.